The average Bonchev–Trinajstić information content (AvgIpc) is 2.40. The fourth-order valence-corrected chi connectivity index (χ4v) is 2.13. The zero-order chi connectivity index (χ0) is 13.8. The van der Waals surface area contributed by atoms with E-state index in [0.717, 1.165) is 5.69 Å². The van der Waals surface area contributed by atoms with Gasteiger partial charge in [0.05, 0.1) is 10.6 Å². The molecule has 5 heteroatoms. The maximum Gasteiger partial charge on any atom is 0.261 e. The lowest BCUT2D eigenvalue weighted by Gasteiger charge is -2.22. The lowest BCUT2D eigenvalue weighted by Crippen LogP contribution is -2.31. The Morgan fingerprint density at radius 1 is 1.32 bits per heavy atom. The van der Waals surface area contributed by atoms with Crippen molar-refractivity contribution in [2.24, 2.45) is 0 Å². The van der Waals surface area contributed by atoms with Gasteiger partial charge in [0.25, 0.3) is 5.91 Å². The van der Waals surface area contributed by atoms with E-state index in [1.807, 2.05) is 6.92 Å². The van der Waals surface area contributed by atoms with Crippen molar-refractivity contribution in [2.75, 3.05) is 17.2 Å². The van der Waals surface area contributed by atoms with Crippen molar-refractivity contribution < 1.29 is 4.79 Å². The Labute approximate surface area is 116 Å². The molecule has 1 aromatic carbocycles. The first-order chi connectivity index (χ1) is 9.15. The molecule has 2 aromatic rings. The van der Waals surface area contributed by atoms with Gasteiger partial charge in [-0.3, -0.25) is 9.78 Å². The van der Waals surface area contributed by atoms with E-state index in [9.17, 15) is 4.79 Å². The van der Waals surface area contributed by atoms with Gasteiger partial charge < -0.3 is 10.6 Å². The van der Waals surface area contributed by atoms with Gasteiger partial charge in [0.1, 0.15) is 0 Å². The summed E-state index contributed by atoms with van der Waals surface area (Å²) >= 11 is 6.07. The van der Waals surface area contributed by atoms with Gasteiger partial charge in [0.15, 0.2) is 0 Å². The van der Waals surface area contributed by atoms with E-state index >= 15 is 0 Å². The first-order valence-corrected chi connectivity index (χ1v) is 6.28. The summed E-state index contributed by atoms with van der Waals surface area (Å²) in [5.41, 5.74) is 7.33. The van der Waals surface area contributed by atoms with Gasteiger partial charge in [-0.2, -0.15) is 0 Å². The highest BCUT2D eigenvalue weighted by atomic mass is 35.5. The van der Waals surface area contributed by atoms with Crippen LogP contribution in [0.5, 0.6) is 0 Å². The van der Waals surface area contributed by atoms with Crippen LogP contribution in [0.25, 0.3) is 0 Å². The Bertz CT molecular complexity index is 566. The van der Waals surface area contributed by atoms with Crippen LogP contribution in [0, 0.1) is 0 Å². The predicted octanol–water partition coefficient (Wildman–Crippen LogP) is 2.98. The van der Waals surface area contributed by atoms with Crippen molar-refractivity contribution in [3.8, 4) is 0 Å². The Balaban J connectivity index is 2.42. The molecule has 4 nitrogen and oxygen atoms in total. The third-order valence-corrected chi connectivity index (χ3v) is 3.11. The molecule has 0 saturated heterocycles. The van der Waals surface area contributed by atoms with Gasteiger partial charge in [0.2, 0.25) is 0 Å². The molecule has 0 fully saturated rings. The fraction of sp³-hybridized carbons (Fsp3) is 0.143. The van der Waals surface area contributed by atoms with Crippen LogP contribution in [0.4, 0.5) is 11.4 Å². The SMILES string of the molecule is CCN(C(=O)c1c(N)cccc1Cl)c1ccncc1. The number of pyridine rings is 1. The summed E-state index contributed by atoms with van der Waals surface area (Å²) in [5.74, 6) is -0.211. The monoisotopic (exact) mass is 275 g/mol. The molecule has 0 aliphatic carbocycles. The van der Waals surface area contributed by atoms with Crippen LogP contribution in [-0.2, 0) is 0 Å². The van der Waals surface area contributed by atoms with Crippen molar-refractivity contribution in [1.82, 2.24) is 4.98 Å². The lowest BCUT2D eigenvalue weighted by atomic mass is 10.1. The second-order valence-electron chi connectivity index (χ2n) is 3.96. The third kappa shape index (κ3) is 2.69. The van der Waals surface area contributed by atoms with E-state index < -0.39 is 0 Å². The van der Waals surface area contributed by atoms with Crippen LogP contribution < -0.4 is 10.6 Å². The van der Waals surface area contributed by atoms with Crippen molar-refractivity contribution in [3.63, 3.8) is 0 Å². The molecular formula is C14H14ClN3O. The molecule has 0 bridgehead atoms. The van der Waals surface area contributed by atoms with Crippen LogP contribution in [-0.4, -0.2) is 17.4 Å². The number of hydrogen-bond acceptors (Lipinski definition) is 3. The Hall–Kier alpha value is -2.07. The highest BCUT2D eigenvalue weighted by Gasteiger charge is 2.20. The number of carbonyl (C=O) groups is 1. The number of amides is 1. The number of benzene rings is 1. The maximum absolute atomic E-state index is 12.6. The molecule has 0 aliphatic heterocycles. The highest BCUT2D eigenvalue weighted by molar-refractivity contribution is 6.35. The molecular weight excluding hydrogens is 262 g/mol. The predicted molar refractivity (Wildman–Crippen MR) is 77.5 cm³/mol. The molecule has 2 N–H and O–H groups in total. The van der Waals surface area contributed by atoms with Crippen LogP contribution >= 0.6 is 11.6 Å². The molecule has 0 spiro atoms. The molecule has 0 unspecified atom stereocenters. The molecule has 1 amide bonds. The summed E-state index contributed by atoms with van der Waals surface area (Å²) in [6.07, 6.45) is 3.28. The number of halogens is 1. The van der Waals surface area contributed by atoms with Gasteiger partial charge in [-0.25, -0.2) is 0 Å². The standard InChI is InChI=1S/C14H14ClN3O/c1-2-18(10-6-8-17-9-7-10)14(19)13-11(15)4-3-5-12(13)16/h3-9H,2,16H2,1H3. The highest BCUT2D eigenvalue weighted by Crippen LogP contribution is 2.25. The van der Waals surface area contributed by atoms with E-state index in [0.29, 0.717) is 22.8 Å². The second kappa shape index (κ2) is 5.71. The van der Waals surface area contributed by atoms with Gasteiger partial charge in [-0.15, -0.1) is 0 Å². The lowest BCUT2D eigenvalue weighted by molar-refractivity contribution is 0.0989. The van der Waals surface area contributed by atoms with E-state index in [2.05, 4.69) is 4.98 Å². The summed E-state index contributed by atoms with van der Waals surface area (Å²) in [5, 5.41) is 0.359. The first kappa shape index (κ1) is 13.4. The summed E-state index contributed by atoms with van der Waals surface area (Å²) in [4.78, 5) is 18.1. The van der Waals surface area contributed by atoms with Crippen LogP contribution in [0.1, 0.15) is 17.3 Å². The normalized spacial score (nSPS) is 10.2. The van der Waals surface area contributed by atoms with Crippen molar-refractivity contribution >= 4 is 28.9 Å². The molecule has 0 aliphatic rings. The van der Waals surface area contributed by atoms with E-state index in [1.165, 1.54) is 0 Å². The minimum absolute atomic E-state index is 0.211. The van der Waals surface area contributed by atoms with Crippen LogP contribution in [0.3, 0.4) is 0 Å². The van der Waals surface area contributed by atoms with Crippen molar-refractivity contribution in [2.45, 2.75) is 6.92 Å². The molecule has 0 radical (unpaired) electrons. The van der Waals surface area contributed by atoms with E-state index in [1.54, 1.807) is 47.6 Å². The number of rotatable bonds is 3. The average molecular weight is 276 g/mol. The summed E-state index contributed by atoms with van der Waals surface area (Å²) < 4.78 is 0. The number of nitrogens with two attached hydrogens (primary N) is 1. The summed E-state index contributed by atoms with van der Waals surface area (Å²) in [7, 11) is 0. The Morgan fingerprint density at radius 3 is 2.58 bits per heavy atom. The first-order valence-electron chi connectivity index (χ1n) is 5.91. The molecule has 2 rings (SSSR count). The minimum atomic E-state index is -0.211. The van der Waals surface area contributed by atoms with Gasteiger partial charge in [-0.05, 0) is 31.2 Å². The third-order valence-electron chi connectivity index (χ3n) is 2.80. The Kier molecular flexibility index (Phi) is 4.02. The number of aromatic nitrogens is 1. The fourth-order valence-electron chi connectivity index (χ4n) is 1.87. The van der Waals surface area contributed by atoms with Gasteiger partial charge in [-0.1, -0.05) is 17.7 Å². The zero-order valence-corrected chi connectivity index (χ0v) is 11.3. The van der Waals surface area contributed by atoms with E-state index in [-0.39, 0.29) is 5.91 Å². The smallest absolute Gasteiger partial charge is 0.261 e. The number of anilines is 2. The van der Waals surface area contributed by atoms with Crippen molar-refractivity contribution in [1.29, 1.82) is 0 Å². The number of nitrogens with zero attached hydrogens (tertiary/aromatic N) is 2. The maximum atomic E-state index is 12.6. The molecule has 98 valence electrons. The summed E-state index contributed by atoms with van der Waals surface area (Å²) in [6.45, 7) is 2.42. The minimum Gasteiger partial charge on any atom is -0.398 e. The quantitative estimate of drug-likeness (QED) is 0.876. The van der Waals surface area contributed by atoms with Crippen LogP contribution in [0.15, 0.2) is 42.7 Å². The molecule has 0 atom stereocenters. The molecule has 1 aromatic heterocycles. The van der Waals surface area contributed by atoms with Crippen molar-refractivity contribution in [3.05, 3.63) is 53.3 Å². The van der Waals surface area contributed by atoms with E-state index in [4.69, 9.17) is 17.3 Å². The Morgan fingerprint density at radius 2 is 2.00 bits per heavy atom. The molecule has 1 heterocycles. The van der Waals surface area contributed by atoms with Gasteiger partial charge >= 0.3 is 0 Å². The number of nitrogen functional groups attached to an aromatic ring is 1. The topological polar surface area (TPSA) is 59.2 Å². The number of carbonyl (C=O) groups excluding carboxylic acids is 1. The van der Waals surface area contributed by atoms with Gasteiger partial charge in [0, 0.05) is 30.3 Å². The summed E-state index contributed by atoms with van der Waals surface area (Å²) in [6, 6.07) is 8.59. The number of hydrogen-bond donors (Lipinski definition) is 1. The second-order valence-corrected chi connectivity index (χ2v) is 4.37. The zero-order valence-electron chi connectivity index (χ0n) is 10.5. The largest absolute Gasteiger partial charge is 0.398 e. The molecule has 0 saturated carbocycles. The van der Waals surface area contributed by atoms with Crippen LogP contribution in [0.2, 0.25) is 5.02 Å². The molecule has 19 heavy (non-hydrogen) atoms.